The Hall–Kier alpha value is -1.07. The molecule has 1 aromatic heterocycles. The van der Waals surface area contributed by atoms with Gasteiger partial charge in [-0.2, -0.15) is 0 Å². The molecular weight excluding hydrogens is 250 g/mol. The molecule has 1 amide bonds. The van der Waals surface area contributed by atoms with Crippen molar-refractivity contribution in [3.05, 3.63) is 21.4 Å². The molecule has 1 saturated heterocycles. The van der Waals surface area contributed by atoms with Gasteiger partial charge in [0.05, 0.1) is 13.2 Å². The van der Waals surface area contributed by atoms with Gasteiger partial charge in [0.25, 0.3) is 0 Å². The third kappa shape index (κ3) is 1.73. The van der Waals surface area contributed by atoms with Crippen LogP contribution in [0.3, 0.4) is 0 Å². The zero-order chi connectivity index (χ0) is 12.7. The number of carbonyl (C=O) groups excluding carboxylic acids is 1. The van der Waals surface area contributed by atoms with Gasteiger partial charge in [-0.3, -0.25) is 0 Å². The summed E-state index contributed by atoms with van der Waals surface area (Å²) < 4.78 is 5.06. The monoisotopic (exact) mass is 267 g/mol. The van der Waals surface area contributed by atoms with Gasteiger partial charge in [0.15, 0.2) is 0 Å². The molecule has 98 valence electrons. The van der Waals surface area contributed by atoms with Crippen LogP contribution in [-0.2, 0) is 17.8 Å². The number of aliphatic hydroxyl groups excluding tert-OH is 1. The van der Waals surface area contributed by atoms with Gasteiger partial charge in [-0.05, 0) is 35.8 Å². The number of likely N-dealkylation sites (tertiary alicyclic amines) is 1. The molecule has 2 atom stereocenters. The smallest absolute Gasteiger partial charge is 0.409 e. The molecule has 3 rings (SSSR count). The summed E-state index contributed by atoms with van der Waals surface area (Å²) in [6.07, 6.45) is 0.808. The summed E-state index contributed by atoms with van der Waals surface area (Å²) >= 11 is 1.73. The lowest BCUT2D eigenvalue weighted by Crippen LogP contribution is -2.30. The summed E-state index contributed by atoms with van der Waals surface area (Å²) in [5.74, 6) is 0.969. The minimum atomic E-state index is -0.188. The maximum Gasteiger partial charge on any atom is 0.409 e. The van der Waals surface area contributed by atoms with Crippen molar-refractivity contribution in [3.63, 3.8) is 0 Å². The number of amides is 1. The molecule has 5 heteroatoms. The maximum absolute atomic E-state index is 11.7. The molecule has 1 fully saturated rings. The highest BCUT2D eigenvalue weighted by molar-refractivity contribution is 7.10. The molecule has 4 nitrogen and oxygen atoms in total. The maximum atomic E-state index is 11.7. The lowest BCUT2D eigenvalue weighted by molar-refractivity contribution is 0.114. The minimum absolute atomic E-state index is 0.132. The number of fused-ring (bicyclic) bond motifs is 3. The van der Waals surface area contributed by atoms with E-state index < -0.39 is 0 Å². The van der Waals surface area contributed by atoms with Gasteiger partial charge in [-0.1, -0.05) is 0 Å². The average molecular weight is 267 g/mol. The van der Waals surface area contributed by atoms with Crippen LogP contribution in [0.25, 0.3) is 0 Å². The van der Waals surface area contributed by atoms with Crippen molar-refractivity contribution in [2.45, 2.75) is 25.9 Å². The Labute approximate surface area is 110 Å². The second kappa shape index (κ2) is 4.55. The Morgan fingerprint density at radius 3 is 3.17 bits per heavy atom. The first-order valence-corrected chi connectivity index (χ1v) is 7.24. The first-order valence-electron chi connectivity index (χ1n) is 6.36. The van der Waals surface area contributed by atoms with Gasteiger partial charge < -0.3 is 14.7 Å². The van der Waals surface area contributed by atoms with E-state index in [4.69, 9.17) is 4.74 Å². The second-order valence-electron chi connectivity index (χ2n) is 4.94. The Morgan fingerprint density at radius 2 is 2.44 bits per heavy atom. The van der Waals surface area contributed by atoms with Crippen molar-refractivity contribution >= 4 is 17.4 Å². The topological polar surface area (TPSA) is 49.8 Å². The molecule has 0 radical (unpaired) electrons. The predicted molar refractivity (Wildman–Crippen MR) is 68.8 cm³/mol. The van der Waals surface area contributed by atoms with E-state index in [0.717, 1.165) is 25.1 Å². The summed E-state index contributed by atoms with van der Waals surface area (Å²) in [5.41, 5.74) is 2.41. The van der Waals surface area contributed by atoms with E-state index in [1.165, 1.54) is 10.4 Å². The third-order valence-corrected chi connectivity index (χ3v) is 5.16. The Bertz CT molecular complexity index is 471. The van der Waals surface area contributed by atoms with Crippen molar-refractivity contribution < 1.29 is 14.6 Å². The Kier molecular flexibility index (Phi) is 3.03. The Balaban J connectivity index is 1.76. The molecule has 0 bridgehead atoms. The molecule has 2 heterocycles. The van der Waals surface area contributed by atoms with Crippen LogP contribution >= 0.6 is 11.3 Å². The quantitative estimate of drug-likeness (QED) is 0.891. The summed E-state index contributed by atoms with van der Waals surface area (Å²) in [6, 6.07) is 0. The van der Waals surface area contributed by atoms with Crippen molar-refractivity contribution in [2.24, 2.45) is 5.92 Å². The standard InChI is InChI=1S/C13H17NO3S/c1-2-17-13(16)14-4-8-3-10-9(6-15)7-18-12(10)11(8)5-14/h7-8,11,15H,2-6H2,1H3. The lowest BCUT2D eigenvalue weighted by atomic mass is 10.0. The number of ether oxygens (including phenoxy) is 1. The second-order valence-corrected chi connectivity index (χ2v) is 5.85. The van der Waals surface area contributed by atoms with Crippen molar-refractivity contribution in [3.8, 4) is 0 Å². The van der Waals surface area contributed by atoms with E-state index in [1.54, 1.807) is 11.3 Å². The van der Waals surface area contributed by atoms with Crippen LogP contribution in [0, 0.1) is 5.92 Å². The van der Waals surface area contributed by atoms with E-state index in [9.17, 15) is 9.90 Å². The normalized spacial score (nSPS) is 25.1. The van der Waals surface area contributed by atoms with Crippen LogP contribution in [0.5, 0.6) is 0 Å². The minimum Gasteiger partial charge on any atom is -0.450 e. The zero-order valence-electron chi connectivity index (χ0n) is 10.4. The molecule has 2 aliphatic rings. The summed E-state index contributed by atoms with van der Waals surface area (Å²) in [5, 5.41) is 11.3. The third-order valence-electron chi connectivity index (χ3n) is 3.95. The van der Waals surface area contributed by atoms with Crippen LogP contribution in [0.4, 0.5) is 4.79 Å². The van der Waals surface area contributed by atoms with E-state index in [-0.39, 0.29) is 12.7 Å². The fourth-order valence-electron chi connectivity index (χ4n) is 3.11. The molecule has 0 spiro atoms. The van der Waals surface area contributed by atoms with E-state index >= 15 is 0 Å². The molecule has 1 N–H and O–H groups in total. The fourth-order valence-corrected chi connectivity index (χ4v) is 4.40. The zero-order valence-corrected chi connectivity index (χ0v) is 11.2. The largest absolute Gasteiger partial charge is 0.450 e. The number of rotatable bonds is 2. The van der Waals surface area contributed by atoms with Crippen molar-refractivity contribution in [1.29, 1.82) is 0 Å². The number of aliphatic hydroxyl groups is 1. The summed E-state index contributed by atoms with van der Waals surface area (Å²) in [4.78, 5) is 14.9. The molecule has 2 unspecified atom stereocenters. The fraction of sp³-hybridized carbons (Fsp3) is 0.615. The number of nitrogens with zero attached hydrogens (tertiary/aromatic N) is 1. The predicted octanol–water partition coefficient (Wildman–Crippen LogP) is 1.97. The highest BCUT2D eigenvalue weighted by Crippen LogP contribution is 2.47. The highest BCUT2D eigenvalue weighted by atomic mass is 32.1. The van der Waals surface area contributed by atoms with Crippen LogP contribution in [-0.4, -0.2) is 35.8 Å². The molecule has 1 aliphatic heterocycles. The van der Waals surface area contributed by atoms with Gasteiger partial charge in [-0.25, -0.2) is 4.79 Å². The first-order chi connectivity index (χ1) is 8.74. The summed E-state index contributed by atoms with van der Waals surface area (Å²) in [7, 11) is 0. The van der Waals surface area contributed by atoms with Gasteiger partial charge in [-0.15, -0.1) is 11.3 Å². The molecule has 1 aliphatic carbocycles. The van der Waals surface area contributed by atoms with Gasteiger partial charge >= 0.3 is 6.09 Å². The van der Waals surface area contributed by atoms with Gasteiger partial charge in [0.2, 0.25) is 0 Å². The van der Waals surface area contributed by atoms with Crippen LogP contribution in [0.15, 0.2) is 5.38 Å². The van der Waals surface area contributed by atoms with E-state index in [1.807, 2.05) is 17.2 Å². The molecule has 18 heavy (non-hydrogen) atoms. The van der Waals surface area contributed by atoms with Crippen LogP contribution in [0.1, 0.15) is 28.8 Å². The number of thiophene rings is 1. The van der Waals surface area contributed by atoms with Gasteiger partial charge in [0, 0.05) is 23.9 Å². The Morgan fingerprint density at radius 1 is 1.61 bits per heavy atom. The van der Waals surface area contributed by atoms with Crippen molar-refractivity contribution in [2.75, 3.05) is 19.7 Å². The molecule has 0 aromatic carbocycles. The molecule has 1 aromatic rings. The first kappa shape index (κ1) is 12.0. The lowest BCUT2D eigenvalue weighted by Gasteiger charge is -2.16. The SMILES string of the molecule is CCOC(=O)N1CC2Cc3c(CO)csc3C2C1. The number of carbonyl (C=O) groups is 1. The van der Waals surface area contributed by atoms with Gasteiger partial charge in [0.1, 0.15) is 0 Å². The number of hydrogen-bond acceptors (Lipinski definition) is 4. The van der Waals surface area contributed by atoms with E-state index in [0.29, 0.717) is 18.4 Å². The van der Waals surface area contributed by atoms with Crippen LogP contribution < -0.4 is 0 Å². The van der Waals surface area contributed by atoms with Crippen molar-refractivity contribution in [1.82, 2.24) is 4.90 Å². The number of hydrogen-bond donors (Lipinski definition) is 1. The summed E-state index contributed by atoms with van der Waals surface area (Å²) in [6.45, 7) is 3.95. The molecular formula is C13H17NO3S. The van der Waals surface area contributed by atoms with Crippen LogP contribution in [0.2, 0.25) is 0 Å². The molecule has 0 saturated carbocycles. The average Bonchev–Trinajstić information content (AvgIpc) is 2.98. The highest BCUT2D eigenvalue weighted by Gasteiger charge is 2.43. The van der Waals surface area contributed by atoms with E-state index in [2.05, 4.69) is 0 Å².